The number of nitrogens with one attached hydrogen (secondary N) is 1. The summed E-state index contributed by atoms with van der Waals surface area (Å²) in [4.78, 5) is 24.8. The van der Waals surface area contributed by atoms with Crippen LogP contribution in [0.2, 0.25) is 0 Å². The van der Waals surface area contributed by atoms with Gasteiger partial charge in [0.1, 0.15) is 6.20 Å². The third-order valence-electron chi connectivity index (χ3n) is 2.07. The molecule has 92 valence electrons. The third-order valence-corrected chi connectivity index (χ3v) is 2.07. The Morgan fingerprint density at radius 3 is 3.00 bits per heavy atom. The average molecular weight is 238 g/mol. The Morgan fingerprint density at radius 1 is 1.71 bits per heavy atom. The normalized spacial score (nSPS) is 10.2. The van der Waals surface area contributed by atoms with Crippen LogP contribution in [-0.4, -0.2) is 27.6 Å². The number of nitrogens with zero attached hydrogens (tertiary/aromatic N) is 3. The zero-order chi connectivity index (χ0) is 12.8. The van der Waals surface area contributed by atoms with Crippen molar-refractivity contribution in [3.8, 4) is 0 Å². The van der Waals surface area contributed by atoms with Gasteiger partial charge < -0.3 is 5.32 Å². The van der Waals surface area contributed by atoms with Gasteiger partial charge in [-0.2, -0.15) is 4.98 Å². The van der Waals surface area contributed by atoms with Gasteiger partial charge in [-0.1, -0.05) is 13.5 Å². The van der Waals surface area contributed by atoms with Gasteiger partial charge in [-0.15, -0.1) is 0 Å². The molecule has 0 unspecified atom stereocenters. The molecule has 7 nitrogen and oxygen atoms in total. The standard InChI is InChI=1S/C10H14N4O3/c1-3-11-4-8(2)6-13-7-9(14(16)17)5-12-10(13)15/h5,7,11H,2-4,6H2,1H3. The summed E-state index contributed by atoms with van der Waals surface area (Å²) in [6.07, 6.45) is 2.12. The Morgan fingerprint density at radius 2 is 2.41 bits per heavy atom. The Hall–Kier alpha value is -2.02. The van der Waals surface area contributed by atoms with E-state index in [1.165, 1.54) is 10.8 Å². The summed E-state index contributed by atoms with van der Waals surface area (Å²) in [7, 11) is 0. The molecule has 0 aromatic carbocycles. The van der Waals surface area contributed by atoms with Crippen molar-refractivity contribution in [2.24, 2.45) is 0 Å². The van der Waals surface area contributed by atoms with Gasteiger partial charge >= 0.3 is 11.4 Å². The molecule has 1 rings (SSSR count). The second kappa shape index (κ2) is 5.90. The largest absolute Gasteiger partial charge is 0.348 e. The lowest BCUT2D eigenvalue weighted by Gasteiger charge is -2.07. The lowest BCUT2D eigenvalue weighted by Crippen LogP contribution is -2.26. The topological polar surface area (TPSA) is 90.1 Å². The molecule has 0 bridgehead atoms. The summed E-state index contributed by atoms with van der Waals surface area (Å²) in [6.45, 7) is 7.31. The first kappa shape index (κ1) is 13.0. The van der Waals surface area contributed by atoms with Crippen LogP contribution < -0.4 is 11.0 Å². The number of hydrogen-bond acceptors (Lipinski definition) is 5. The average Bonchev–Trinajstić information content (AvgIpc) is 2.29. The van der Waals surface area contributed by atoms with E-state index in [0.29, 0.717) is 6.54 Å². The summed E-state index contributed by atoms with van der Waals surface area (Å²) in [5.74, 6) is 0. The van der Waals surface area contributed by atoms with E-state index in [1.807, 2.05) is 6.92 Å². The Balaban J connectivity index is 2.83. The van der Waals surface area contributed by atoms with E-state index in [2.05, 4.69) is 16.9 Å². The monoisotopic (exact) mass is 238 g/mol. The fourth-order valence-electron chi connectivity index (χ4n) is 1.25. The molecule has 0 saturated carbocycles. The van der Waals surface area contributed by atoms with Crippen LogP contribution in [0.15, 0.2) is 29.3 Å². The minimum atomic E-state index is -0.587. The SMILES string of the molecule is C=C(CNCC)Cn1cc([N+](=O)[O-])cnc1=O. The first-order chi connectivity index (χ1) is 8.04. The maximum atomic E-state index is 11.4. The molecule has 0 atom stereocenters. The van der Waals surface area contributed by atoms with Gasteiger partial charge in [0, 0.05) is 13.1 Å². The first-order valence-electron chi connectivity index (χ1n) is 5.12. The van der Waals surface area contributed by atoms with Crippen molar-refractivity contribution in [3.63, 3.8) is 0 Å². The maximum Gasteiger partial charge on any atom is 0.348 e. The molecule has 0 aliphatic carbocycles. The molecule has 1 heterocycles. The molecule has 0 aliphatic rings. The number of hydrogen-bond donors (Lipinski definition) is 1. The van der Waals surface area contributed by atoms with Crippen LogP contribution in [0.5, 0.6) is 0 Å². The molecule has 1 aromatic heterocycles. The van der Waals surface area contributed by atoms with E-state index in [-0.39, 0.29) is 12.2 Å². The molecule has 0 radical (unpaired) electrons. The lowest BCUT2D eigenvalue weighted by molar-refractivity contribution is -0.385. The van der Waals surface area contributed by atoms with Crippen LogP contribution >= 0.6 is 0 Å². The number of likely N-dealkylation sites (N-methyl/N-ethyl adjacent to an activating group) is 1. The van der Waals surface area contributed by atoms with Gasteiger partial charge in [0.2, 0.25) is 0 Å². The van der Waals surface area contributed by atoms with E-state index < -0.39 is 10.6 Å². The third kappa shape index (κ3) is 3.80. The van der Waals surface area contributed by atoms with Gasteiger partial charge in [-0.3, -0.25) is 14.7 Å². The quantitative estimate of drug-likeness (QED) is 0.438. The number of rotatable bonds is 6. The molecule has 7 heteroatoms. The summed E-state index contributed by atoms with van der Waals surface area (Å²) < 4.78 is 1.18. The maximum absolute atomic E-state index is 11.4. The van der Waals surface area contributed by atoms with Crippen molar-refractivity contribution in [1.82, 2.24) is 14.9 Å². The van der Waals surface area contributed by atoms with Gasteiger partial charge in [0.05, 0.1) is 11.1 Å². The number of nitro groups is 1. The molecule has 1 N–H and O–H groups in total. The zero-order valence-electron chi connectivity index (χ0n) is 9.55. The van der Waals surface area contributed by atoms with E-state index in [9.17, 15) is 14.9 Å². The fraction of sp³-hybridized carbons (Fsp3) is 0.400. The molecule has 0 amide bonds. The van der Waals surface area contributed by atoms with Crippen LogP contribution in [0, 0.1) is 10.1 Å². The highest BCUT2D eigenvalue weighted by molar-refractivity contribution is 5.20. The molecular weight excluding hydrogens is 224 g/mol. The van der Waals surface area contributed by atoms with Crippen molar-refractivity contribution in [1.29, 1.82) is 0 Å². The summed E-state index contributed by atoms with van der Waals surface area (Å²) in [6, 6.07) is 0. The van der Waals surface area contributed by atoms with E-state index in [0.717, 1.165) is 18.3 Å². The van der Waals surface area contributed by atoms with Gasteiger partial charge in [-0.25, -0.2) is 4.79 Å². The smallest absolute Gasteiger partial charge is 0.313 e. The predicted octanol–water partition coefficient (Wildman–Crippen LogP) is 0.317. The van der Waals surface area contributed by atoms with Crippen molar-refractivity contribution in [3.05, 3.63) is 45.1 Å². The minimum absolute atomic E-state index is 0.208. The molecule has 0 saturated heterocycles. The number of aromatic nitrogens is 2. The highest BCUT2D eigenvalue weighted by atomic mass is 16.6. The zero-order valence-corrected chi connectivity index (χ0v) is 9.55. The first-order valence-corrected chi connectivity index (χ1v) is 5.12. The summed E-state index contributed by atoms with van der Waals surface area (Å²) in [5.41, 5.74) is 0.0327. The van der Waals surface area contributed by atoms with Crippen LogP contribution in [0.1, 0.15) is 6.92 Å². The van der Waals surface area contributed by atoms with Crippen molar-refractivity contribution >= 4 is 5.69 Å². The molecular formula is C10H14N4O3. The Labute approximate surface area is 97.9 Å². The Bertz CT molecular complexity index is 481. The van der Waals surface area contributed by atoms with Gasteiger partial charge in [0.25, 0.3) is 0 Å². The second-order valence-electron chi connectivity index (χ2n) is 3.51. The van der Waals surface area contributed by atoms with E-state index in [4.69, 9.17) is 0 Å². The van der Waals surface area contributed by atoms with Gasteiger partial charge in [-0.05, 0) is 12.1 Å². The molecule has 17 heavy (non-hydrogen) atoms. The van der Waals surface area contributed by atoms with Crippen LogP contribution in [0.25, 0.3) is 0 Å². The van der Waals surface area contributed by atoms with Crippen LogP contribution in [-0.2, 0) is 6.54 Å². The summed E-state index contributed by atoms with van der Waals surface area (Å²) >= 11 is 0. The highest BCUT2D eigenvalue weighted by Gasteiger charge is 2.09. The molecule has 0 spiro atoms. The van der Waals surface area contributed by atoms with Crippen molar-refractivity contribution < 1.29 is 4.92 Å². The molecule has 1 aromatic rings. The Kier molecular flexibility index (Phi) is 4.53. The minimum Gasteiger partial charge on any atom is -0.313 e. The summed E-state index contributed by atoms with van der Waals surface area (Å²) in [5, 5.41) is 13.6. The molecule has 0 fully saturated rings. The molecule has 0 aliphatic heterocycles. The van der Waals surface area contributed by atoms with Crippen LogP contribution in [0.4, 0.5) is 5.69 Å². The van der Waals surface area contributed by atoms with Crippen molar-refractivity contribution in [2.75, 3.05) is 13.1 Å². The van der Waals surface area contributed by atoms with E-state index in [1.54, 1.807) is 0 Å². The van der Waals surface area contributed by atoms with E-state index >= 15 is 0 Å². The van der Waals surface area contributed by atoms with Crippen LogP contribution in [0.3, 0.4) is 0 Å². The second-order valence-corrected chi connectivity index (χ2v) is 3.51. The lowest BCUT2D eigenvalue weighted by atomic mass is 10.3. The predicted molar refractivity (Wildman–Crippen MR) is 62.8 cm³/mol. The van der Waals surface area contributed by atoms with Gasteiger partial charge in [0.15, 0.2) is 0 Å². The van der Waals surface area contributed by atoms with Crippen molar-refractivity contribution in [2.45, 2.75) is 13.5 Å². The highest BCUT2D eigenvalue weighted by Crippen LogP contribution is 2.05. The fourth-order valence-corrected chi connectivity index (χ4v) is 1.25.